The maximum absolute atomic E-state index is 11.3. The first kappa shape index (κ1) is 14.7. The molecule has 0 aliphatic carbocycles. The molecule has 0 fully saturated rings. The Balaban J connectivity index is 1.99. The zero-order chi connectivity index (χ0) is 15.5. The highest BCUT2D eigenvalue weighted by Crippen LogP contribution is 2.29. The SMILES string of the molecule is Cc1cc(Br)c2cc(OCc3ccccc3)c(C=O)nc2c1. The highest BCUT2D eigenvalue weighted by molar-refractivity contribution is 9.10. The highest BCUT2D eigenvalue weighted by Gasteiger charge is 2.10. The third-order valence-electron chi connectivity index (χ3n) is 3.37. The van der Waals surface area contributed by atoms with Crippen LogP contribution in [0.4, 0.5) is 0 Å². The van der Waals surface area contributed by atoms with E-state index in [0.29, 0.717) is 18.1 Å². The van der Waals surface area contributed by atoms with E-state index in [-0.39, 0.29) is 0 Å². The number of hydrogen-bond acceptors (Lipinski definition) is 3. The summed E-state index contributed by atoms with van der Waals surface area (Å²) in [5, 5.41) is 0.930. The first-order chi connectivity index (χ1) is 10.7. The van der Waals surface area contributed by atoms with E-state index in [4.69, 9.17) is 4.74 Å². The molecule has 0 radical (unpaired) electrons. The lowest BCUT2D eigenvalue weighted by molar-refractivity contribution is 0.111. The van der Waals surface area contributed by atoms with Gasteiger partial charge in [0.05, 0.1) is 5.52 Å². The highest BCUT2D eigenvalue weighted by atomic mass is 79.9. The third-order valence-corrected chi connectivity index (χ3v) is 4.03. The molecular formula is C18H14BrNO2. The zero-order valence-electron chi connectivity index (χ0n) is 12.0. The van der Waals surface area contributed by atoms with Gasteiger partial charge in [0.2, 0.25) is 0 Å². The molecule has 3 nitrogen and oxygen atoms in total. The maximum Gasteiger partial charge on any atom is 0.172 e. The zero-order valence-corrected chi connectivity index (χ0v) is 13.6. The molecular weight excluding hydrogens is 342 g/mol. The van der Waals surface area contributed by atoms with Crippen LogP contribution in [-0.2, 0) is 6.61 Å². The molecule has 0 N–H and O–H groups in total. The standard InChI is InChI=1S/C18H14BrNO2/c1-12-7-15(19)14-9-18(17(10-21)20-16(14)8-12)22-11-13-5-3-2-4-6-13/h2-10H,11H2,1H3. The number of aromatic nitrogens is 1. The van der Waals surface area contributed by atoms with Crippen molar-refractivity contribution in [2.24, 2.45) is 0 Å². The van der Waals surface area contributed by atoms with Crippen molar-refractivity contribution in [2.45, 2.75) is 13.5 Å². The van der Waals surface area contributed by atoms with Gasteiger partial charge in [0.1, 0.15) is 18.1 Å². The Bertz CT molecular complexity index is 831. The van der Waals surface area contributed by atoms with E-state index in [1.807, 2.05) is 55.5 Å². The molecule has 1 heterocycles. The van der Waals surface area contributed by atoms with Crippen molar-refractivity contribution in [1.29, 1.82) is 0 Å². The Morgan fingerprint density at radius 1 is 1.18 bits per heavy atom. The fraction of sp³-hybridized carbons (Fsp3) is 0.111. The molecule has 2 aromatic carbocycles. The van der Waals surface area contributed by atoms with Gasteiger partial charge in [-0.05, 0) is 36.2 Å². The molecule has 3 aromatic rings. The van der Waals surface area contributed by atoms with Crippen LogP contribution in [0.2, 0.25) is 0 Å². The van der Waals surface area contributed by atoms with Crippen LogP contribution in [0.25, 0.3) is 10.9 Å². The molecule has 0 atom stereocenters. The second-order valence-corrected chi connectivity index (χ2v) is 5.93. The summed E-state index contributed by atoms with van der Waals surface area (Å²) in [6.45, 7) is 2.39. The molecule has 0 spiro atoms. The lowest BCUT2D eigenvalue weighted by atomic mass is 10.1. The molecule has 0 saturated carbocycles. The van der Waals surface area contributed by atoms with Gasteiger partial charge in [-0.25, -0.2) is 4.98 Å². The average molecular weight is 356 g/mol. The van der Waals surface area contributed by atoms with Gasteiger partial charge in [-0.15, -0.1) is 0 Å². The first-order valence-corrected chi connectivity index (χ1v) is 7.69. The number of pyridine rings is 1. The first-order valence-electron chi connectivity index (χ1n) is 6.90. The summed E-state index contributed by atoms with van der Waals surface area (Å²) in [6, 6.07) is 15.7. The Labute approximate surface area is 137 Å². The number of halogens is 1. The molecule has 0 aliphatic heterocycles. The Kier molecular flexibility index (Phi) is 4.20. The summed E-state index contributed by atoms with van der Waals surface area (Å²) in [5.41, 5.74) is 3.23. The van der Waals surface area contributed by atoms with E-state index in [2.05, 4.69) is 20.9 Å². The van der Waals surface area contributed by atoms with Crippen molar-refractivity contribution in [1.82, 2.24) is 4.98 Å². The normalized spacial score (nSPS) is 10.6. The Hall–Kier alpha value is -2.20. The fourth-order valence-electron chi connectivity index (χ4n) is 2.30. The number of fused-ring (bicyclic) bond motifs is 1. The van der Waals surface area contributed by atoms with Crippen LogP contribution in [0.15, 0.2) is 53.0 Å². The van der Waals surface area contributed by atoms with Crippen LogP contribution in [0, 0.1) is 6.92 Å². The quantitative estimate of drug-likeness (QED) is 0.637. The van der Waals surface area contributed by atoms with Gasteiger partial charge in [0.25, 0.3) is 0 Å². The molecule has 0 amide bonds. The predicted octanol–water partition coefficient (Wildman–Crippen LogP) is 4.70. The minimum Gasteiger partial charge on any atom is -0.486 e. The van der Waals surface area contributed by atoms with Crippen LogP contribution in [0.5, 0.6) is 5.75 Å². The predicted molar refractivity (Wildman–Crippen MR) is 90.3 cm³/mol. The van der Waals surface area contributed by atoms with Crippen molar-refractivity contribution in [2.75, 3.05) is 0 Å². The van der Waals surface area contributed by atoms with E-state index >= 15 is 0 Å². The number of aryl methyl sites for hydroxylation is 1. The average Bonchev–Trinajstić information content (AvgIpc) is 2.53. The summed E-state index contributed by atoms with van der Waals surface area (Å²) in [5.74, 6) is 0.496. The smallest absolute Gasteiger partial charge is 0.172 e. The second-order valence-electron chi connectivity index (χ2n) is 5.08. The molecule has 4 heteroatoms. The van der Waals surface area contributed by atoms with E-state index in [9.17, 15) is 4.79 Å². The molecule has 0 saturated heterocycles. The monoisotopic (exact) mass is 355 g/mol. The van der Waals surface area contributed by atoms with Gasteiger partial charge in [-0.3, -0.25) is 4.79 Å². The van der Waals surface area contributed by atoms with E-state index in [0.717, 1.165) is 32.8 Å². The Morgan fingerprint density at radius 2 is 1.95 bits per heavy atom. The van der Waals surface area contributed by atoms with Gasteiger partial charge in [-0.2, -0.15) is 0 Å². The van der Waals surface area contributed by atoms with Crippen molar-refractivity contribution >= 4 is 33.1 Å². The topological polar surface area (TPSA) is 39.2 Å². The maximum atomic E-state index is 11.3. The summed E-state index contributed by atoms with van der Waals surface area (Å²) in [6.07, 6.45) is 0.732. The third kappa shape index (κ3) is 3.02. The van der Waals surface area contributed by atoms with Crippen LogP contribution in [-0.4, -0.2) is 11.3 Å². The molecule has 0 aliphatic rings. The molecule has 22 heavy (non-hydrogen) atoms. The molecule has 110 valence electrons. The Morgan fingerprint density at radius 3 is 2.68 bits per heavy atom. The number of carbonyl (C=O) groups is 1. The lowest BCUT2D eigenvalue weighted by Crippen LogP contribution is -2.00. The van der Waals surface area contributed by atoms with Crippen LogP contribution in [0.3, 0.4) is 0 Å². The van der Waals surface area contributed by atoms with Crippen LogP contribution in [0.1, 0.15) is 21.6 Å². The number of ether oxygens (including phenoxy) is 1. The number of hydrogen-bond donors (Lipinski definition) is 0. The molecule has 3 rings (SSSR count). The van der Waals surface area contributed by atoms with E-state index in [1.54, 1.807) is 0 Å². The van der Waals surface area contributed by atoms with Gasteiger partial charge in [0, 0.05) is 9.86 Å². The number of benzene rings is 2. The van der Waals surface area contributed by atoms with Gasteiger partial charge in [-0.1, -0.05) is 46.3 Å². The van der Waals surface area contributed by atoms with Crippen LogP contribution < -0.4 is 4.74 Å². The van der Waals surface area contributed by atoms with Crippen molar-refractivity contribution in [3.63, 3.8) is 0 Å². The van der Waals surface area contributed by atoms with Crippen molar-refractivity contribution in [3.8, 4) is 5.75 Å². The van der Waals surface area contributed by atoms with Crippen molar-refractivity contribution in [3.05, 3.63) is 69.8 Å². The van der Waals surface area contributed by atoms with E-state index in [1.165, 1.54) is 0 Å². The minimum absolute atomic E-state index is 0.320. The molecule has 0 bridgehead atoms. The number of rotatable bonds is 4. The number of carbonyl (C=O) groups excluding carboxylic acids is 1. The van der Waals surface area contributed by atoms with Crippen molar-refractivity contribution < 1.29 is 9.53 Å². The summed E-state index contributed by atoms with van der Waals surface area (Å²) < 4.78 is 6.73. The van der Waals surface area contributed by atoms with Gasteiger partial charge >= 0.3 is 0 Å². The second kappa shape index (κ2) is 6.28. The van der Waals surface area contributed by atoms with Crippen LogP contribution >= 0.6 is 15.9 Å². The number of aldehydes is 1. The minimum atomic E-state index is 0.320. The fourth-order valence-corrected chi connectivity index (χ4v) is 2.97. The summed E-state index contributed by atoms with van der Waals surface area (Å²) in [4.78, 5) is 15.7. The van der Waals surface area contributed by atoms with E-state index < -0.39 is 0 Å². The molecule has 1 aromatic heterocycles. The molecule has 0 unspecified atom stereocenters. The summed E-state index contributed by atoms with van der Waals surface area (Å²) in [7, 11) is 0. The lowest BCUT2D eigenvalue weighted by Gasteiger charge is -2.11. The largest absolute Gasteiger partial charge is 0.486 e. The number of nitrogens with zero attached hydrogens (tertiary/aromatic N) is 1. The van der Waals surface area contributed by atoms with Gasteiger partial charge in [0.15, 0.2) is 6.29 Å². The van der Waals surface area contributed by atoms with Gasteiger partial charge < -0.3 is 4.74 Å². The summed E-state index contributed by atoms with van der Waals surface area (Å²) >= 11 is 3.54.